The molecule has 0 aliphatic rings. The number of rotatable bonds is 6. The van der Waals surface area contributed by atoms with Crippen molar-refractivity contribution in [3.63, 3.8) is 0 Å². The first kappa shape index (κ1) is 31.2. The lowest BCUT2D eigenvalue weighted by atomic mass is 9.97. The highest BCUT2D eigenvalue weighted by Gasteiger charge is 2.22. The number of hydrogen-bond donors (Lipinski definition) is 0. The predicted octanol–water partition coefficient (Wildman–Crippen LogP) is 14.6. The molecule has 0 saturated carbocycles. The van der Waals surface area contributed by atoms with Gasteiger partial charge < -0.3 is 13.9 Å². The van der Waals surface area contributed by atoms with E-state index in [1.54, 1.807) is 0 Å². The smallest absolute Gasteiger partial charge is 0.137 e. The standard InChI is InChI=1S/C52H34N2O/c1-3-13-35(14-4-1)37-27-29-41(30-28-37)53(47-22-12-24-50-52(47)45-19-9-10-23-49(45)55-50)42-31-32-44-48(34-42)54(40-17-5-2-6-18-40)46-21-11-20-43(51(44)46)39-26-25-36-15-7-8-16-38(36)33-39/h1-34H. The molecule has 9 aromatic carbocycles. The van der Waals surface area contributed by atoms with E-state index in [1.165, 1.54) is 49.3 Å². The molecule has 2 heterocycles. The summed E-state index contributed by atoms with van der Waals surface area (Å²) in [5.41, 5.74) is 13.2. The van der Waals surface area contributed by atoms with Crippen molar-refractivity contribution < 1.29 is 4.42 Å². The van der Waals surface area contributed by atoms with Gasteiger partial charge in [0.05, 0.1) is 22.1 Å². The minimum atomic E-state index is 0.865. The predicted molar refractivity (Wildman–Crippen MR) is 231 cm³/mol. The number of para-hydroxylation sites is 2. The van der Waals surface area contributed by atoms with E-state index >= 15 is 0 Å². The van der Waals surface area contributed by atoms with Gasteiger partial charge in [0, 0.05) is 33.2 Å². The minimum absolute atomic E-state index is 0.865. The van der Waals surface area contributed by atoms with Crippen molar-refractivity contribution >= 4 is 71.6 Å². The highest BCUT2D eigenvalue weighted by molar-refractivity contribution is 6.18. The third-order valence-electron chi connectivity index (χ3n) is 11.0. The maximum absolute atomic E-state index is 6.43. The molecule has 2 aromatic heterocycles. The molecule has 0 radical (unpaired) electrons. The first-order chi connectivity index (χ1) is 27.3. The monoisotopic (exact) mass is 702 g/mol. The molecule has 0 aliphatic carbocycles. The second-order valence-electron chi connectivity index (χ2n) is 14.1. The van der Waals surface area contributed by atoms with Crippen LogP contribution < -0.4 is 4.90 Å². The summed E-state index contributed by atoms with van der Waals surface area (Å²) in [6, 6.07) is 74.0. The number of fused-ring (bicyclic) bond motifs is 7. The molecule has 3 nitrogen and oxygen atoms in total. The molecular weight excluding hydrogens is 669 g/mol. The summed E-state index contributed by atoms with van der Waals surface area (Å²) >= 11 is 0. The summed E-state index contributed by atoms with van der Waals surface area (Å²) in [5, 5.41) is 7.11. The van der Waals surface area contributed by atoms with Crippen molar-refractivity contribution in [2.75, 3.05) is 4.90 Å². The van der Waals surface area contributed by atoms with Crippen LogP contribution in [0.15, 0.2) is 211 Å². The molecule has 0 aliphatic heterocycles. The Morgan fingerprint density at radius 2 is 1.05 bits per heavy atom. The molecule has 0 fully saturated rings. The van der Waals surface area contributed by atoms with E-state index in [9.17, 15) is 0 Å². The van der Waals surface area contributed by atoms with Gasteiger partial charge in [-0.3, -0.25) is 0 Å². The minimum Gasteiger partial charge on any atom is -0.456 e. The van der Waals surface area contributed by atoms with Crippen molar-refractivity contribution in [3.05, 3.63) is 206 Å². The Labute approximate surface area is 318 Å². The van der Waals surface area contributed by atoms with Crippen molar-refractivity contribution in [3.8, 4) is 27.9 Å². The van der Waals surface area contributed by atoms with Crippen LogP contribution in [0.3, 0.4) is 0 Å². The van der Waals surface area contributed by atoms with Gasteiger partial charge in [0.15, 0.2) is 0 Å². The van der Waals surface area contributed by atoms with Gasteiger partial charge in [-0.1, -0.05) is 140 Å². The molecule has 0 bridgehead atoms. The normalized spacial score (nSPS) is 11.6. The maximum Gasteiger partial charge on any atom is 0.137 e. The topological polar surface area (TPSA) is 21.3 Å². The van der Waals surface area contributed by atoms with Gasteiger partial charge in [-0.25, -0.2) is 0 Å². The molecule has 0 amide bonds. The molecule has 3 heteroatoms. The average molecular weight is 703 g/mol. The summed E-state index contributed by atoms with van der Waals surface area (Å²) in [7, 11) is 0. The zero-order valence-electron chi connectivity index (χ0n) is 29.9. The van der Waals surface area contributed by atoms with Crippen LogP contribution in [0.4, 0.5) is 17.1 Å². The summed E-state index contributed by atoms with van der Waals surface area (Å²) in [5.74, 6) is 0. The van der Waals surface area contributed by atoms with Crippen molar-refractivity contribution in [2.24, 2.45) is 0 Å². The van der Waals surface area contributed by atoms with E-state index in [2.05, 4.69) is 210 Å². The number of anilines is 3. The third-order valence-corrected chi connectivity index (χ3v) is 11.0. The van der Waals surface area contributed by atoms with Crippen LogP contribution in [0.25, 0.3) is 82.5 Å². The first-order valence-corrected chi connectivity index (χ1v) is 18.8. The Bertz CT molecular complexity index is 3190. The molecule has 0 spiro atoms. The molecular formula is C52H34N2O. The Hall–Kier alpha value is -7.36. The van der Waals surface area contributed by atoms with Crippen LogP contribution >= 0.6 is 0 Å². The summed E-state index contributed by atoms with van der Waals surface area (Å²) in [6.07, 6.45) is 0. The van der Waals surface area contributed by atoms with Gasteiger partial charge in [-0.05, 0) is 99.8 Å². The molecule has 258 valence electrons. The van der Waals surface area contributed by atoms with E-state index in [0.717, 1.165) is 50.2 Å². The quantitative estimate of drug-likeness (QED) is 0.172. The van der Waals surface area contributed by atoms with Gasteiger partial charge >= 0.3 is 0 Å². The van der Waals surface area contributed by atoms with E-state index in [4.69, 9.17) is 4.42 Å². The highest BCUT2D eigenvalue weighted by Crippen LogP contribution is 2.46. The van der Waals surface area contributed by atoms with Crippen LogP contribution in [-0.4, -0.2) is 4.57 Å². The Balaban J connectivity index is 1.18. The zero-order chi connectivity index (χ0) is 36.3. The maximum atomic E-state index is 6.43. The third kappa shape index (κ3) is 5.13. The van der Waals surface area contributed by atoms with E-state index < -0.39 is 0 Å². The molecule has 0 unspecified atom stereocenters. The van der Waals surface area contributed by atoms with Gasteiger partial charge in [0.25, 0.3) is 0 Å². The van der Waals surface area contributed by atoms with Gasteiger partial charge in [-0.2, -0.15) is 0 Å². The Morgan fingerprint density at radius 1 is 0.382 bits per heavy atom. The molecule has 55 heavy (non-hydrogen) atoms. The van der Waals surface area contributed by atoms with Crippen molar-refractivity contribution in [1.82, 2.24) is 4.57 Å². The summed E-state index contributed by atoms with van der Waals surface area (Å²) < 4.78 is 8.85. The molecule has 0 saturated heterocycles. The van der Waals surface area contributed by atoms with Gasteiger partial charge in [0.2, 0.25) is 0 Å². The molecule has 0 N–H and O–H groups in total. The van der Waals surface area contributed by atoms with Crippen LogP contribution in [0.2, 0.25) is 0 Å². The van der Waals surface area contributed by atoms with Crippen LogP contribution in [0, 0.1) is 0 Å². The number of benzene rings is 9. The number of aromatic nitrogens is 1. The molecule has 0 atom stereocenters. The van der Waals surface area contributed by atoms with Crippen molar-refractivity contribution in [2.45, 2.75) is 0 Å². The summed E-state index contributed by atoms with van der Waals surface area (Å²) in [4.78, 5) is 2.38. The second-order valence-corrected chi connectivity index (χ2v) is 14.1. The van der Waals surface area contributed by atoms with E-state index in [1.807, 2.05) is 6.07 Å². The number of hydrogen-bond acceptors (Lipinski definition) is 2. The van der Waals surface area contributed by atoms with Crippen LogP contribution in [-0.2, 0) is 0 Å². The highest BCUT2D eigenvalue weighted by atomic mass is 16.3. The lowest BCUT2D eigenvalue weighted by Crippen LogP contribution is -2.10. The largest absolute Gasteiger partial charge is 0.456 e. The van der Waals surface area contributed by atoms with Crippen molar-refractivity contribution in [1.29, 1.82) is 0 Å². The molecule has 11 aromatic rings. The zero-order valence-corrected chi connectivity index (χ0v) is 29.9. The van der Waals surface area contributed by atoms with E-state index in [0.29, 0.717) is 0 Å². The van der Waals surface area contributed by atoms with Gasteiger partial charge in [0.1, 0.15) is 11.2 Å². The Morgan fingerprint density at radius 3 is 1.91 bits per heavy atom. The number of nitrogens with zero attached hydrogens (tertiary/aromatic N) is 2. The SMILES string of the molecule is c1ccc(-c2ccc(N(c3ccc4c5c(-c6ccc7ccccc7c6)cccc5n(-c5ccccc5)c4c3)c3cccc4oc5ccccc5c34)cc2)cc1. The summed E-state index contributed by atoms with van der Waals surface area (Å²) in [6.45, 7) is 0. The first-order valence-electron chi connectivity index (χ1n) is 18.8. The van der Waals surface area contributed by atoms with Gasteiger partial charge in [-0.15, -0.1) is 0 Å². The van der Waals surface area contributed by atoms with Crippen LogP contribution in [0.5, 0.6) is 0 Å². The average Bonchev–Trinajstić information content (AvgIpc) is 3.81. The lowest BCUT2D eigenvalue weighted by molar-refractivity contribution is 0.669. The number of furan rings is 1. The fourth-order valence-electron chi connectivity index (χ4n) is 8.45. The van der Waals surface area contributed by atoms with E-state index in [-0.39, 0.29) is 0 Å². The lowest BCUT2D eigenvalue weighted by Gasteiger charge is -2.27. The molecule has 11 rings (SSSR count). The fourth-order valence-corrected chi connectivity index (χ4v) is 8.45. The fraction of sp³-hybridized carbons (Fsp3) is 0. The Kier molecular flexibility index (Phi) is 7.17. The van der Waals surface area contributed by atoms with Crippen LogP contribution in [0.1, 0.15) is 0 Å². The second kappa shape index (κ2) is 12.6.